The molecule has 0 aliphatic heterocycles. The van der Waals surface area contributed by atoms with Crippen LogP contribution in [-0.2, 0) is 0 Å². The van der Waals surface area contributed by atoms with E-state index in [4.69, 9.17) is 12.2 Å². The third-order valence-corrected chi connectivity index (χ3v) is 3.26. The van der Waals surface area contributed by atoms with Crippen molar-refractivity contribution in [3.8, 4) is 0 Å². The van der Waals surface area contributed by atoms with Gasteiger partial charge in [-0.05, 0) is 39.2 Å². The Kier molecular flexibility index (Phi) is 4.62. The fraction of sp³-hybridized carbons (Fsp3) is 0.900. The van der Waals surface area contributed by atoms with Gasteiger partial charge in [0, 0.05) is 19.1 Å². The SMILES string of the molecule is CNC(=S)N[C@@H]1CCCC[C@H]1N(C)C. The lowest BCUT2D eigenvalue weighted by Crippen LogP contribution is -2.52. The molecule has 1 aliphatic rings. The van der Waals surface area contributed by atoms with E-state index in [-0.39, 0.29) is 0 Å². The monoisotopic (exact) mass is 215 g/mol. The van der Waals surface area contributed by atoms with Crippen LogP contribution in [0.25, 0.3) is 0 Å². The summed E-state index contributed by atoms with van der Waals surface area (Å²) < 4.78 is 0. The fourth-order valence-corrected chi connectivity index (χ4v) is 2.29. The first-order chi connectivity index (χ1) is 6.65. The number of hydrogen-bond acceptors (Lipinski definition) is 2. The van der Waals surface area contributed by atoms with Crippen LogP contribution in [0.4, 0.5) is 0 Å². The Balaban J connectivity index is 2.49. The average Bonchev–Trinajstić information content (AvgIpc) is 2.18. The second-order valence-electron chi connectivity index (χ2n) is 4.15. The van der Waals surface area contributed by atoms with Gasteiger partial charge in [0.2, 0.25) is 0 Å². The van der Waals surface area contributed by atoms with Gasteiger partial charge in [0.1, 0.15) is 0 Å². The summed E-state index contributed by atoms with van der Waals surface area (Å²) in [6, 6.07) is 1.13. The smallest absolute Gasteiger partial charge is 0.166 e. The number of likely N-dealkylation sites (N-methyl/N-ethyl adjacent to an activating group) is 1. The molecule has 1 saturated carbocycles. The first-order valence-corrected chi connectivity index (χ1v) is 5.70. The highest BCUT2D eigenvalue weighted by atomic mass is 32.1. The molecule has 82 valence electrons. The van der Waals surface area contributed by atoms with Crippen LogP contribution in [0.15, 0.2) is 0 Å². The first kappa shape index (κ1) is 11.7. The molecule has 0 unspecified atom stereocenters. The molecule has 4 heteroatoms. The van der Waals surface area contributed by atoms with Crippen molar-refractivity contribution in [3.63, 3.8) is 0 Å². The minimum absolute atomic E-state index is 0.513. The van der Waals surface area contributed by atoms with Crippen molar-refractivity contribution in [1.82, 2.24) is 15.5 Å². The van der Waals surface area contributed by atoms with Crippen molar-refractivity contribution in [1.29, 1.82) is 0 Å². The molecule has 0 amide bonds. The minimum atomic E-state index is 0.513. The van der Waals surface area contributed by atoms with Gasteiger partial charge in [-0.2, -0.15) is 0 Å². The standard InChI is InChI=1S/C10H21N3S/c1-11-10(14)12-8-6-4-5-7-9(8)13(2)3/h8-9H,4-7H2,1-3H3,(H2,11,12,14)/t8-,9-/m1/s1. The van der Waals surface area contributed by atoms with Gasteiger partial charge in [0.15, 0.2) is 5.11 Å². The van der Waals surface area contributed by atoms with Crippen molar-refractivity contribution in [2.75, 3.05) is 21.1 Å². The Hall–Kier alpha value is -0.350. The molecule has 3 nitrogen and oxygen atoms in total. The molecule has 2 atom stereocenters. The van der Waals surface area contributed by atoms with Gasteiger partial charge in [-0.3, -0.25) is 0 Å². The van der Waals surface area contributed by atoms with Crippen molar-refractivity contribution in [3.05, 3.63) is 0 Å². The molecule has 0 spiro atoms. The van der Waals surface area contributed by atoms with E-state index >= 15 is 0 Å². The predicted octanol–water partition coefficient (Wildman–Crippen LogP) is 0.953. The number of nitrogens with one attached hydrogen (secondary N) is 2. The number of thiocarbonyl (C=S) groups is 1. The Labute approximate surface area is 92.2 Å². The van der Waals surface area contributed by atoms with E-state index in [1.807, 2.05) is 7.05 Å². The predicted molar refractivity (Wildman–Crippen MR) is 64.5 cm³/mol. The minimum Gasteiger partial charge on any atom is -0.366 e. The summed E-state index contributed by atoms with van der Waals surface area (Å²) in [5.74, 6) is 0. The molecule has 0 bridgehead atoms. The van der Waals surface area contributed by atoms with Crippen LogP contribution in [-0.4, -0.2) is 43.2 Å². The average molecular weight is 215 g/mol. The maximum atomic E-state index is 5.13. The molecule has 0 aromatic carbocycles. The Morgan fingerprint density at radius 3 is 2.50 bits per heavy atom. The number of rotatable bonds is 2. The van der Waals surface area contributed by atoms with E-state index in [0.29, 0.717) is 12.1 Å². The van der Waals surface area contributed by atoms with E-state index in [2.05, 4.69) is 29.6 Å². The second-order valence-corrected chi connectivity index (χ2v) is 4.55. The molecular formula is C10H21N3S. The number of hydrogen-bond donors (Lipinski definition) is 2. The molecule has 1 fully saturated rings. The highest BCUT2D eigenvalue weighted by molar-refractivity contribution is 7.80. The zero-order valence-electron chi connectivity index (χ0n) is 9.34. The summed E-state index contributed by atoms with van der Waals surface area (Å²) in [7, 11) is 6.16. The normalized spacial score (nSPS) is 27.4. The van der Waals surface area contributed by atoms with Gasteiger partial charge in [0.05, 0.1) is 0 Å². The van der Waals surface area contributed by atoms with Crippen molar-refractivity contribution in [2.24, 2.45) is 0 Å². The first-order valence-electron chi connectivity index (χ1n) is 5.30. The summed E-state index contributed by atoms with van der Waals surface area (Å²) in [5, 5.41) is 7.12. The molecule has 1 aliphatic carbocycles. The van der Waals surface area contributed by atoms with Gasteiger partial charge in [-0.25, -0.2) is 0 Å². The van der Waals surface area contributed by atoms with Crippen molar-refractivity contribution in [2.45, 2.75) is 37.8 Å². The Morgan fingerprint density at radius 1 is 1.29 bits per heavy atom. The molecule has 14 heavy (non-hydrogen) atoms. The lowest BCUT2D eigenvalue weighted by atomic mass is 9.90. The van der Waals surface area contributed by atoms with E-state index in [1.54, 1.807) is 0 Å². The molecule has 2 N–H and O–H groups in total. The molecule has 0 heterocycles. The van der Waals surface area contributed by atoms with E-state index in [1.165, 1.54) is 25.7 Å². The van der Waals surface area contributed by atoms with E-state index in [9.17, 15) is 0 Å². The molecule has 1 rings (SSSR count). The zero-order chi connectivity index (χ0) is 10.6. The summed E-state index contributed by atoms with van der Waals surface area (Å²) in [6.45, 7) is 0. The largest absolute Gasteiger partial charge is 0.366 e. The highest BCUT2D eigenvalue weighted by Crippen LogP contribution is 2.21. The second kappa shape index (κ2) is 5.51. The lowest BCUT2D eigenvalue weighted by molar-refractivity contribution is 0.190. The summed E-state index contributed by atoms with van der Waals surface area (Å²) in [4.78, 5) is 2.30. The van der Waals surface area contributed by atoms with Crippen LogP contribution in [0, 0.1) is 0 Å². The van der Waals surface area contributed by atoms with Crippen LogP contribution in [0.5, 0.6) is 0 Å². The third kappa shape index (κ3) is 3.10. The third-order valence-electron chi connectivity index (χ3n) is 2.94. The molecule has 0 radical (unpaired) electrons. The van der Waals surface area contributed by atoms with Gasteiger partial charge in [-0.1, -0.05) is 12.8 Å². The maximum Gasteiger partial charge on any atom is 0.166 e. The highest BCUT2D eigenvalue weighted by Gasteiger charge is 2.26. The van der Waals surface area contributed by atoms with Crippen LogP contribution >= 0.6 is 12.2 Å². The van der Waals surface area contributed by atoms with E-state index < -0.39 is 0 Å². The van der Waals surface area contributed by atoms with Crippen LogP contribution in [0.2, 0.25) is 0 Å². The van der Waals surface area contributed by atoms with Gasteiger partial charge in [-0.15, -0.1) is 0 Å². The van der Waals surface area contributed by atoms with Crippen LogP contribution < -0.4 is 10.6 Å². The Morgan fingerprint density at radius 2 is 1.93 bits per heavy atom. The zero-order valence-corrected chi connectivity index (χ0v) is 10.2. The van der Waals surface area contributed by atoms with Gasteiger partial charge < -0.3 is 15.5 Å². The molecular weight excluding hydrogens is 194 g/mol. The van der Waals surface area contributed by atoms with Crippen LogP contribution in [0.3, 0.4) is 0 Å². The van der Waals surface area contributed by atoms with Gasteiger partial charge in [0.25, 0.3) is 0 Å². The van der Waals surface area contributed by atoms with Crippen molar-refractivity contribution >= 4 is 17.3 Å². The Bertz CT molecular complexity index is 194. The fourth-order valence-electron chi connectivity index (χ4n) is 2.14. The number of nitrogens with zero attached hydrogens (tertiary/aromatic N) is 1. The summed E-state index contributed by atoms with van der Waals surface area (Å²) in [5.41, 5.74) is 0. The molecule has 0 aromatic heterocycles. The molecule has 0 saturated heterocycles. The quantitative estimate of drug-likeness (QED) is 0.671. The van der Waals surface area contributed by atoms with Crippen molar-refractivity contribution < 1.29 is 0 Å². The maximum absolute atomic E-state index is 5.13. The summed E-state index contributed by atoms with van der Waals surface area (Å²) >= 11 is 5.13. The molecule has 0 aromatic rings. The summed E-state index contributed by atoms with van der Waals surface area (Å²) in [6.07, 6.45) is 5.16. The van der Waals surface area contributed by atoms with Crippen LogP contribution in [0.1, 0.15) is 25.7 Å². The van der Waals surface area contributed by atoms with Gasteiger partial charge >= 0.3 is 0 Å². The van der Waals surface area contributed by atoms with E-state index in [0.717, 1.165) is 5.11 Å². The lowest BCUT2D eigenvalue weighted by Gasteiger charge is -2.37. The topological polar surface area (TPSA) is 27.3 Å².